The van der Waals surface area contributed by atoms with Crippen molar-refractivity contribution in [3.8, 4) is 0 Å². The highest BCUT2D eigenvalue weighted by atomic mass is 16.4. The van der Waals surface area contributed by atoms with E-state index in [1.165, 1.54) is 12.3 Å². The molecule has 0 fully saturated rings. The summed E-state index contributed by atoms with van der Waals surface area (Å²) in [4.78, 5) is 25.7. The summed E-state index contributed by atoms with van der Waals surface area (Å²) in [5.41, 5.74) is 2.79. The van der Waals surface area contributed by atoms with Gasteiger partial charge in [0.05, 0.1) is 0 Å². The van der Waals surface area contributed by atoms with Crippen LogP contribution in [0.2, 0.25) is 0 Å². The van der Waals surface area contributed by atoms with Crippen LogP contribution in [0.25, 0.3) is 0 Å². The Bertz CT molecular complexity index is 605. The summed E-state index contributed by atoms with van der Waals surface area (Å²) < 4.78 is 0. The average molecular weight is 243 g/mol. The number of benzene rings is 1. The molecule has 0 bridgehead atoms. The van der Waals surface area contributed by atoms with Gasteiger partial charge in [0.1, 0.15) is 5.69 Å². The fourth-order valence-corrected chi connectivity index (χ4v) is 1.97. The van der Waals surface area contributed by atoms with Gasteiger partial charge in [-0.05, 0) is 31.0 Å². The van der Waals surface area contributed by atoms with Crippen LogP contribution in [0.1, 0.15) is 37.5 Å². The first-order chi connectivity index (χ1) is 8.50. The maximum atomic E-state index is 12.3. The quantitative estimate of drug-likeness (QED) is 0.814. The van der Waals surface area contributed by atoms with Crippen LogP contribution < -0.4 is 0 Å². The summed E-state index contributed by atoms with van der Waals surface area (Å²) in [6, 6.07) is 6.98. The maximum Gasteiger partial charge on any atom is 0.352 e. The molecule has 0 amide bonds. The lowest BCUT2D eigenvalue weighted by molar-refractivity contribution is 0.0691. The lowest BCUT2D eigenvalue weighted by Crippen LogP contribution is -2.05. The molecule has 0 aliphatic rings. The summed E-state index contributed by atoms with van der Waals surface area (Å²) in [7, 11) is 0. The van der Waals surface area contributed by atoms with Crippen molar-refractivity contribution < 1.29 is 14.7 Å². The molecule has 1 heterocycles. The van der Waals surface area contributed by atoms with Gasteiger partial charge < -0.3 is 10.1 Å². The van der Waals surface area contributed by atoms with Gasteiger partial charge in [0, 0.05) is 17.3 Å². The zero-order chi connectivity index (χ0) is 13.3. The second-order valence-electron chi connectivity index (χ2n) is 4.20. The van der Waals surface area contributed by atoms with Crippen LogP contribution in [-0.2, 0) is 0 Å². The van der Waals surface area contributed by atoms with Gasteiger partial charge in [0.15, 0.2) is 5.78 Å². The molecule has 0 unspecified atom stereocenters. The molecule has 0 aliphatic heterocycles. The number of ketones is 1. The summed E-state index contributed by atoms with van der Waals surface area (Å²) in [5.74, 6) is -1.23. The highest BCUT2D eigenvalue weighted by Gasteiger charge is 2.17. The monoisotopic (exact) mass is 243 g/mol. The van der Waals surface area contributed by atoms with Gasteiger partial charge in [-0.3, -0.25) is 4.79 Å². The molecule has 4 heteroatoms. The van der Waals surface area contributed by atoms with E-state index in [1.807, 2.05) is 32.0 Å². The smallest absolute Gasteiger partial charge is 0.352 e. The largest absolute Gasteiger partial charge is 0.477 e. The highest BCUT2D eigenvalue weighted by molar-refractivity contribution is 6.11. The number of hydrogen-bond donors (Lipinski definition) is 2. The number of carboxylic acid groups (broad SMARTS) is 1. The van der Waals surface area contributed by atoms with Crippen molar-refractivity contribution in [1.29, 1.82) is 0 Å². The van der Waals surface area contributed by atoms with E-state index in [4.69, 9.17) is 5.11 Å². The number of carbonyl (C=O) groups is 2. The van der Waals surface area contributed by atoms with Crippen molar-refractivity contribution in [3.05, 3.63) is 58.4 Å². The number of aromatic nitrogens is 1. The Labute approximate surface area is 104 Å². The van der Waals surface area contributed by atoms with Gasteiger partial charge in [-0.15, -0.1) is 0 Å². The van der Waals surface area contributed by atoms with Crippen molar-refractivity contribution in [2.75, 3.05) is 0 Å². The van der Waals surface area contributed by atoms with Crippen LogP contribution in [0.15, 0.2) is 30.5 Å². The van der Waals surface area contributed by atoms with Crippen LogP contribution in [0, 0.1) is 13.8 Å². The number of H-pyrrole nitrogens is 1. The second-order valence-corrected chi connectivity index (χ2v) is 4.20. The Morgan fingerprint density at radius 2 is 1.78 bits per heavy atom. The predicted octanol–water partition coefficient (Wildman–Crippen LogP) is 2.56. The number of aromatic carboxylic acids is 1. The molecule has 0 saturated carbocycles. The molecule has 18 heavy (non-hydrogen) atoms. The number of rotatable bonds is 3. The summed E-state index contributed by atoms with van der Waals surface area (Å²) in [6.07, 6.45) is 1.43. The average Bonchev–Trinajstić information content (AvgIpc) is 2.77. The van der Waals surface area contributed by atoms with Crippen molar-refractivity contribution in [3.63, 3.8) is 0 Å². The third-order valence-corrected chi connectivity index (χ3v) is 2.88. The molecule has 92 valence electrons. The van der Waals surface area contributed by atoms with Crippen molar-refractivity contribution in [2.45, 2.75) is 13.8 Å². The molecule has 0 aliphatic carbocycles. The van der Waals surface area contributed by atoms with E-state index < -0.39 is 5.97 Å². The summed E-state index contributed by atoms with van der Waals surface area (Å²) in [5, 5.41) is 8.82. The Balaban J connectivity index is 2.45. The predicted molar refractivity (Wildman–Crippen MR) is 67.1 cm³/mol. The fraction of sp³-hybridized carbons (Fsp3) is 0.143. The van der Waals surface area contributed by atoms with Crippen molar-refractivity contribution >= 4 is 11.8 Å². The molecule has 0 spiro atoms. The van der Waals surface area contributed by atoms with E-state index in [-0.39, 0.29) is 11.5 Å². The van der Waals surface area contributed by atoms with Crippen LogP contribution >= 0.6 is 0 Å². The molecule has 2 aromatic rings. The zero-order valence-corrected chi connectivity index (χ0v) is 10.2. The normalized spacial score (nSPS) is 10.3. The molecular weight excluding hydrogens is 230 g/mol. The molecule has 1 aromatic heterocycles. The Hall–Kier alpha value is -2.36. The number of nitrogens with one attached hydrogen (secondary N) is 1. The highest BCUT2D eigenvalue weighted by Crippen LogP contribution is 2.18. The Morgan fingerprint density at radius 1 is 1.17 bits per heavy atom. The minimum absolute atomic E-state index is 0.0181. The number of aromatic amines is 1. The SMILES string of the molecule is Cc1cccc(C)c1C(=O)c1c[nH]c(C(=O)O)c1. The Kier molecular flexibility index (Phi) is 3.02. The number of carboxylic acids is 1. The number of hydrogen-bond acceptors (Lipinski definition) is 2. The first-order valence-electron chi connectivity index (χ1n) is 5.53. The molecule has 0 radical (unpaired) electrons. The van der Waals surface area contributed by atoms with Gasteiger partial charge >= 0.3 is 5.97 Å². The first kappa shape index (κ1) is 12.1. The number of aryl methyl sites for hydroxylation is 2. The van der Waals surface area contributed by atoms with E-state index in [1.54, 1.807) is 0 Å². The van der Waals surface area contributed by atoms with Gasteiger partial charge in [-0.1, -0.05) is 18.2 Å². The number of carbonyl (C=O) groups excluding carboxylic acids is 1. The first-order valence-corrected chi connectivity index (χ1v) is 5.53. The van der Waals surface area contributed by atoms with Gasteiger partial charge in [-0.2, -0.15) is 0 Å². The summed E-state index contributed by atoms with van der Waals surface area (Å²) >= 11 is 0. The van der Waals surface area contributed by atoms with Crippen molar-refractivity contribution in [1.82, 2.24) is 4.98 Å². The molecule has 0 atom stereocenters. The maximum absolute atomic E-state index is 12.3. The lowest BCUT2D eigenvalue weighted by Gasteiger charge is -2.06. The lowest BCUT2D eigenvalue weighted by atomic mass is 9.96. The van der Waals surface area contributed by atoms with Gasteiger partial charge in [-0.25, -0.2) is 4.79 Å². The van der Waals surface area contributed by atoms with E-state index >= 15 is 0 Å². The molecule has 4 nitrogen and oxygen atoms in total. The zero-order valence-electron chi connectivity index (χ0n) is 10.2. The van der Waals surface area contributed by atoms with Crippen LogP contribution in [-0.4, -0.2) is 21.8 Å². The van der Waals surface area contributed by atoms with Gasteiger partial charge in [0.25, 0.3) is 0 Å². The van der Waals surface area contributed by atoms with E-state index in [9.17, 15) is 9.59 Å². The second kappa shape index (κ2) is 4.49. The van der Waals surface area contributed by atoms with Crippen LogP contribution in [0.3, 0.4) is 0 Å². The summed E-state index contributed by atoms with van der Waals surface area (Å²) in [6.45, 7) is 3.73. The minimum Gasteiger partial charge on any atom is -0.477 e. The van der Waals surface area contributed by atoms with E-state index in [0.717, 1.165) is 11.1 Å². The molecular formula is C14H13NO3. The topological polar surface area (TPSA) is 70.2 Å². The van der Waals surface area contributed by atoms with Crippen LogP contribution in [0.5, 0.6) is 0 Å². The third kappa shape index (κ3) is 2.05. The van der Waals surface area contributed by atoms with E-state index in [2.05, 4.69) is 4.98 Å². The molecule has 2 N–H and O–H groups in total. The molecule has 1 aromatic carbocycles. The standard InChI is InChI=1S/C14H13NO3/c1-8-4-3-5-9(2)12(8)13(16)10-6-11(14(17)18)15-7-10/h3-7,15H,1-2H3,(H,17,18). The molecule has 2 rings (SSSR count). The Morgan fingerprint density at radius 3 is 2.28 bits per heavy atom. The third-order valence-electron chi connectivity index (χ3n) is 2.88. The minimum atomic E-state index is -1.07. The van der Waals surface area contributed by atoms with Crippen LogP contribution in [0.4, 0.5) is 0 Å². The van der Waals surface area contributed by atoms with Crippen molar-refractivity contribution in [2.24, 2.45) is 0 Å². The van der Waals surface area contributed by atoms with E-state index in [0.29, 0.717) is 11.1 Å². The fourth-order valence-electron chi connectivity index (χ4n) is 1.97. The molecule has 0 saturated heterocycles. The van der Waals surface area contributed by atoms with Gasteiger partial charge in [0.2, 0.25) is 0 Å².